The first kappa shape index (κ1) is 12.2. The molecular formula is C16H20N2O2. The fraction of sp³-hybridized carbons (Fsp3) is 0.625. The summed E-state index contributed by atoms with van der Waals surface area (Å²) >= 11 is 0. The third kappa shape index (κ3) is 1.03. The van der Waals surface area contributed by atoms with Crippen LogP contribution in [0.3, 0.4) is 0 Å². The van der Waals surface area contributed by atoms with Crippen LogP contribution in [0.25, 0.3) is 0 Å². The zero-order chi connectivity index (χ0) is 14.3. The SMILES string of the molecule is Cn1cc2c(n1)[C@@]1(C)C/C(=C/O)C(=O)C3(C)C[C@]31CC2. The van der Waals surface area contributed by atoms with Crippen molar-refractivity contribution in [1.29, 1.82) is 0 Å². The first-order valence-electron chi connectivity index (χ1n) is 7.29. The highest BCUT2D eigenvalue weighted by Gasteiger charge is 2.79. The van der Waals surface area contributed by atoms with Crippen molar-refractivity contribution < 1.29 is 9.90 Å². The summed E-state index contributed by atoms with van der Waals surface area (Å²) in [6, 6.07) is 0. The van der Waals surface area contributed by atoms with Crippen LogP contribution in [-0.2, 0) is 23.7 Å². The first-order chi connectivity index (χ1) is 9.38. The lowest BCUT2D eigenvalue weighted by Crippen LogP contribution is -2.48. The van der Waals surface area contributed by atoms with Gasteiger partial charge in [-0.25, -0.2) is 0 Å². The molecule has 20 heavy (non-hydrogen) atoms. The predicted octanol–water partition coefficient (Wildman–Crippen LogP) is 2.44. The molecule has 3 aliphatic rings. The molecule has 1 aromatic rings. The number of hydrogen-bond acceptors (Lipinski definition) is 3. The summed E-state index contributed by atoms with van der Waals surface area (Å²) in [7, 11) is 1.96. The van der Waals surface area contributed by atoms with Gasteiger partial charge in [0.05, 0.1) is 12.0 Å². The minimum atomic E-state index is -0.302. The van der Waals surface area contributed by atoms with Crippen LogP contribution in [0.2, 0.25) is 0 Å². The van der Waals surface area contributed by atoms with E-state index in [4.69, 9.17) is 5.10 Å². The molecule has 2 saturated carbocycles. The van der Waals surface area contributed by atoms with Gasteiger partial charge < -0.3 is 5.11 Å². The van der Waals surface area contributed by atoms with Crippen LogP contribution in [0.15, 0.2) is 18.0 Å². The molecule has 0 aromatic carbocycles. The normalized spacial score (nSPS) is 44.0. The number of fused-ring (bicyclic) bond motifs is 2. The Labute approximate surface area is 118 Å². The van der Waals surface area contributed by atoms with Crippen molar-refractivity contribution >= 4 is 5.78 Å². The number of aliphatic hydroxyl groups is 1. The topological polar surface area (TPSA) is 55.1 Å². The molecule has 4 rings (SSSR count). The van der Waals surface area contributed by atoms with Gasteiger partial charge in [-0.1, -0.05) is 13.8 Å². The predicted molar refractivity (Wildman–Crippen MR) is 74.4 cm³/mol. The molecule has 1 unspecified atom stereocenters. The fourth-order valence-electron chi connectivity index (χ4n) is 5.23. The average Bonchev–Trinajstić information content (AvgIpc) is 2.85. The van der Waals surface area contributed by atoms with E-state index >= 15 is 0 Å². The molecule has 1 heterocycles. The van der Waals surface area contributed by atoms with Gasteiger partial charge in [-0.15, -0.1) is 0 Å². The number of nitrogens with zero attached hydrogens (tertiary/aromatic N) is 2. The summed E-state index contributed by atoms with van der Waals surface area (Å²) in [6.45, 7) is 4.31. The second kappa shape index (κ2) is 3.18. The molecule has 1 N–H and O–H groups in total. The molecule has 0 aliphatic heterocycles. The molecule has 1 aromatic heterocycles. The van der Waals surface area contributed by atoms with Gasteiger partial charge in [-0.2, -0.15) is 5.10 Å². The Morgan fingerprint density at radius 3 is 2.85 bits per heavy atom. The van der Waals surface area contributed by atoms with Gasteiger partial charge >= 0.3 is 0 Å². The number of carbonyl (C=O) groups is 1. The van der Waals surface area contributed by atoms with Crippen LogP contribution < -0.4 is 0 Å². The van der Waals surface area contributed by atoms with Crippen molar-refractivity contribution in [3.05, 3.63) is 29.3 Å². The number of aliphatic hydroxyl groups excluding tert-OH is 1. The van der Waals surface area contributed by atoms with Crippen LogP contribution in [0, 0.1) is 10.8 Å². The lowest BCUT2D eigenvalue weighted by molar-refractivity contribution is -0.124. The Morgan fingerprint density at radius 2 is 2.15 bits per heavy atom. The molecule has 0 saturated heterocycles. The van der Waals surface area contributed by atoms with Gasteiger partial charge in [-0.05, 0) is 36.7 Å². The summed E-state index contributed by atoms with van der Waals surface area (Å²) in [5, 5.41) is 14.2. The molecule has 0 bridgehead atoms. The molecule has 106 valence electrons. The summed E-state index contributed by atoms with van der Waals surface area (Å²) in [4.78, 5) is 12.6. The lowest BCUT2D eigenvalue weighted by atomic mass is 9.55. The Morgan fingerprint density at radius 1 is 1.40 bits per heavy atom. The van der Waals surface area contributed by atoms with Crippen LogP contribution in [0.1, 0.15) is 44.4 Å². The second-order valence-corrected chi connectivity index (χ2v) is 7.26. The zero-order valence-corrected chi connectivity index (χ0v) is 12.2. The number of hydrogen-bond donors (Lipinski definition) is 1. The summed E-state index contributed by atoms with van der Waals surface area (Å²) < 4.78 is 1.88. The Kier molecular flexibility index (Phi) is 1.94. The number of allylic oxidation sites excluding steroid dienone is 1. The minimum absolute atomic E-state index is 0.0466. The fourth-order valence-corrected chi connectivity index (χ4v) is 5.23. The van der Waals surface area contributed by atoms with Crippen molar-refractivity contribution in [1.82, 2.24) is 9.78 Å². The number of ketones is 1. The number of carbonyl (C=O) groups excluding carboxylic acids is 1. The maximum Gasteiger partial charge on any atom is 0.168 e. The third-order valence-corrected chi connectivity index (χ3v) is 6.38. The van der Waals surface area contributed by atoms with Crippen molar-refractivity contribution in [3.8, 4) is 0 Å². The number of rotatable bonds is 0. The highest BCUT2D eigenvalue weighted by atomic mass is 16.2. The standard InChI is InChI=1S/C16H20N2O2/c1-14-6-11(8-19)13(20)15(2)9-16(14,15)5-4-10-7-18(3)17-12(10)14/h7-8,19H,4-6,9H2,1-3H3/b11-8-/t14-,15?,16+/m1/s1. The van der Waals surface area contributed by atoms with Crippen LogP contribution in [0.4, 0.5) is 0 Å². The monoisotopic (exact) mass is 272 g/mol. The number of aromatic nitrogens is 2. The molecule has 2 fully saturated rings. The van der Waals surface area contributed by atoms with Gasteiger partial charge in [0.2, 0.25) is 0 Å². The summed E-state index contributed by atoms with van der Waals surface area (Å²) in [5.41, 5.74) is 2.64. The largest absolute Gasteiger partial charge is 0.515 e. The Bertz CT molecular complexity index is 674. The van der Waals surface area contributed by atoms with E-state index in [-0.39, 0.29) is 22.0 Å². The lowest BCUT2D eigenvalue weighted by Gasteiger charge is -2.47. The highest BCUT2D eigenvalue weighted by Crippen LogP contribution is 2.79. The molecule has 1 spiro atoms. The minimum Gasteiger partial charge on any atom is -0.515 e. The smallest absolute Gasteiger partial charge is 0.168 e. The highest BCUT2D eigenvalue weighted by molar-refractivity contribution is 6.04. The second-order valence-electron chi connectivity index (χ2n) is 7.26. The van der Waals surface area contributed by atoms with E-state index in [1.165, 1.54) is 5.56 Å². The molecule has 4 nitrogen and oxygen atoms in total. The summed E-state index contributed by atoms with van der Waals surface area (Å²) in [6.07, 6.45) is 6.75. The zero-order valence-electron chi connectivity index (χ0n) is 12.2. The third-order valence-electron chi connectivity index (χ3n) is 6.38. The van der Waals surface area contributed by atoms with Gasteiger partial charge in [-0.3, -0.25) is 9.48 Å². The van der Waals surface area contributed by atoms with Crippen LogP contribution in [-0.4, -0.2) is 20.7 Å². The maximum absolute atomic E-state index is 12.6. The van der Waals surface area contributed by atoms with Gasteiger partial charge in [0, 0.05) is 29.6 Å². The Hall–Kier alpha value is -1.58. The van der Waals surface area contributed by atoms with E-state index in [0.29, 0.717) is 12.0 Å². The van der Waals surface area contributed by atoms with E-state index in [9.17, 15) is 9.90 Å². The van der Waals surface area contributed by atoms with Crippen molar-refractivity contribution in [2.24, 2.45) is 17.9 Å². The van der Waals surface area contributed by atoms with E-state index in [2.05, 4.69) is 20.0 Å². The van der Waals surface area contributed by atoms with E-state index in [1.807, 2.05) is 11.7 Å². The Balaban J connectivity index is 1.95. The summed E-state index contributed by atoms with van der Waals surface area (Å²) in [5.74, 6) is 0.150. The molecular weight excluding hydrogens is 252 g/mol. The molecule has 4 heteroatoms. The van der Waals surface area contributed by atoms with Gasteiger partial charge in [0.25, 0.3) is 0 Å². The van der Waals surface area contributed by atoms with E-state index < -0.39 is 0 Å². The van der Waals surface area contributed by atoms with E-state index in [1.54, 1.807) is 0 Å². The molecule has 0 amide bonds. The first-order valence-corrected chi connectivity index (χ1v) is 7.29. The van der Waals surface area contributed by atoms with Crippen LogP contribution >= 0.6 is 0 Å². The maximum atomic E-state index is 12.6. The molecule has 3 aliphatic carbocycles. The van der Waals surface area contributed by atoms with Crippen molar-refractivity contribution in [2.45, 2.75) is 44.9 Å². The van der Waals surface area contributed by atoms with Gasteiger partial charge in [0.1, 0.15) is 0 Å². The van der Waals surface area contributed by atoms with Crippen molar-refractivity contribution in [3.63, 3.8) is 0 Å². The number of Topliss-reactive ketones (excluding diaryl/α,β-unsaturated/α-hetero) is 1. The van der Waals surface area contributed by atoms with Crippen LogP contribution in [0.5, 0.6) is 0 Å². The molecule has 3 atom stereocenters. The number of aryl methyl sites for hydroxylation is 2. The van der Waals surface area contributed by atoms with Gasteiger partial charge in [0.15, 0.2) is 5.78 Å². The quantitative estimate of drug-likeness (QED) is 0.583. The van der Waals surface area contributed by atoms with Crippen molar-refractivity contribution in [2.75, 3.05) is 0 Å². The average molecular weight is 272 g/mol. The molecule has 0 radical (unpaired) electrons. The van der Waals surface area contributed by atoms with E-state index in [0.717, 1.165) is 31.2 Å².